The summed E-state index contributed by atoms with van der Waals surface area (Å²) < 4.78 is 0.861. The van der Waals surface area contributed by atoms with E-state index < -0.39 is 0 Å². The number of rotatable bonds is 4. The van der Waals surface area contributed by atoms with Crippen LogP contribution in [0.3, 0.4) is 0 Å². The fraction of sp³-hybridized carbons (Fsp3) is 0.263. The first-order chi connectivity index (χ1) is 12.1. The summed E-state index contributed by atoms with van der Waals surface area (Å²) >= 11 is 8.41. The molecule has 1 fully saturated rings. The van der Waals surface area contributed by atoms with Crippen LogP contribution >= 0.6 is 34.2 Å². The van der Waals surface area contributed by atoms with E-state index in [4.69, 9.17) is 11.6 Å². The van der Waals surface area contributed by atoms with Crippen molar-refractivity contribution in [3.8, 4) is 0 Å². The van der Waals surface area contributed by atoms with Crippen LogP contribution in [0.2, 0.25) is 5.02 Å². The van der Waals surface area contributed by atoms with Crippen LogP contribution in [0, 0.1) is 3.57 Å². The molecule has 0 bridgehead atoms. The number of likely N-dealkylation sites (tertiary alicyclic amines) is 1. The van der Waals surface area contributed by atoms with Crippen molar-refractivity contribution in [2.45, 2.75) is 18.9 Å². The van der Waals surface area contributed by atoms with Crippen LogP contribution in [0.1, 0.15) is 34.8 Å². The number of halogens is 2. The molecule has 2 aromatic carbocycles. The fourth-order valence-electron chi connectivity index (χ4n) is 3.13. The number of hydrogen-bond acceptors (Lipinski definition) is 2. The Morgan fingerprint density at radius 3 is 2.64 bits per heavy atom. The Morgan fingerprint density at radius 2 is 1.88 bits per heavy atom. The average Bonchev–Trinajstić information content (AvgIpc) is 3.10. The standard InChI is InChI=1S/C19H18ClIN2O2/c20-15-8-3-1-6-13(15)17-10-5-11-23(17)18(24)12-22-19(25)14-7-2-4-9-16(14)21/h1-4,6-9,17H,5,10-12H2,(H,22,25). The van der Waals surface area contributed by atoms with Crippen LogP contribution in [-0.4, -0.2) is 29.8 Å². The van der Waals surface area contributed by atoms with Crippen LogP contribution in [-0.2, 0) is 4.79 Å². The molecule has 1 N–H and O–H groups in total. The van der Waals surface area contributed by atoms with Gasteiger partial charge in [-0.25, -0.2) is 0 Å². The van der Waals surface area contributed by atoms with Gasteiger partial charge in [-0.05, 0) is 59.2 Å². The van der Waals surface area contributed by atoms with Gasteiger partial charge in [-0.1, -0.05) is 41.9 Å². The van der Waals surface area contributed by atoms with E-state index in [1.807, 2.05) is 47.4 Å². The molecule has 1 heterocycles. The Kier molecular flexibility index (Phi) is 5.96. The molecule has 0 spiro atoms. The second kappa shape index (κ2) is 8.19. The highest BCUT2D eigenvalue weighted by molar-refractivity contribution is 14.1. The lowest BCUT2D eigenvalue weighted by atomic mass is 10.0. The van der Waals surface area contributed by atoms with Gasteiger partial charge in [0.1, 0.15) is 0 Å². The molecule has 4 nitrogen and oxygen atoms in total. The zero-order valence-corrected chi connectivity index (χ0v) is 16.5. The Bertz CT molecular complexity index is 796. The molecular formula is C19H18ClIN2O2. The molecule has 1 saturated heterocycles. The van der Waals surface area contributed by atoms with Crippen LogP contribution in [0.4, 0.5) is 0 Å². The molecule has 25 heavy (non-hydrogen) atoms. The van der Waals surface area contributed by atoms with Crippen molar-refractivity contribution in [3.63, 3.8) is 0 Å². The van der Waals surface area contributed by atoms with Gasteiger partial charge in [-0.3, -0.25) is 9.59 Å². The second-order valence-corrected chi connectivity index (χ2v) is 7.50. The highest BCUT2D eigenvalue weighted by atomic mass is 127. The zero-order chi connectivity index (χ0) is 17.8. The molecule has 2 aromatic rings. The summed E-state index contributed by atoms with van der Waals surface area (Å²) in [7, 11) is 0. The molecule has 130 valence electrons. The lowest BCUT2D eigenvalue weighted by molar-refractivity contribution is -0.131. The highest BCUT2D eigenvalue weighted by Gasteiger charge is 2.31. The minimum Gasteiger partial charge on any atom is -0.343 e. The van der Waals surface area contributed by atoms with Gasteiger partial charge >= 0.3 is 0 Å². The van der Waals surface area contributed by atoms with Crippen molar-refractivity contribution in [2.75, 3.05) is 13.1 Å². The van der Waals surface area contributed by atoms with Gasteiger partial charge in [-0.2, -0.15) is 0 Å². The van der Waals surface area contributed by atoms with E-state index in [1.54, 1.807) is 6.07 Å². The number of benzene rings is 2. The number of amides is 2. The van der Waals surface area contributed by atoms with Crippen molar-refractivity contribution in [3.05, 3.63) is 68.3 Å². The third-order valence-electron chi connectivity index (χ3n) is 4.36. The molecule has 2 amide bonds. The number of carbonyl (C=O) groups excluding carboxylic acids is 2. The molecule has 0 aliphatic carbocycles. The number of nitrogens with zero attached hydrogens (tertiary/aromatic N) is 1. The molecule has 1 aliphatic heterocycles. The van der Waals surface area contributed by atoms with E-state index in [1.165, 1.54) is 0 Å². The van der Waals surface area contributed by atoms with Crippen molar-refractivity contribution in [1.29, 1.82) is 0 Å². The first-order valence-electron chi connectivity index (χ1n) is 8.14. The number of carbonyl (C=O) groups is 2. The van der Waals surface area contributed by atoms with E-state index >= 15 is 0 Å². The van der Waals surface area contributed by atoms with Gasteiger partial charge in [0.25, 0.3) is 5.91 Å². The van der Waals surface area contributed by atoms with E-state index in [2.05, 4.69) is 27.9 Å². The minimum absolute atomic E-state index is 0.00917. The van der Waals surface area contributed by atoms with Crippen molar-refractivity contribution < 1.29 is 9.59 Å². The van der Waals surface area contributed by atoms with Crippen LogP contribution in [0.15, 0.2) is 48.5 Å². The summed E-state index contributed by atoms with van der Waals surface area (Å²) in [5.41, 5.74) is 1.55. The Balaban J connectivity index is 1.66. The summed E-state index contributed by atoms with van der Waals surface area (Å²) in [6.07, 6.45) is 1.83. The predicted octanol–water partition coefficient (Wildman–Crippen LogP) is 4.04. The zero-order valence-electron chi connectivity index (χ0n) is 13.5. The monoisotopic (exact) mass is 468 g/mol. The maximum absolute atomic E-state index is 12.6. The van der Waals surface area contributed by atoms with Crippen molar-refractivity contribution in [2.24, 2.45) is 0 Å². The fourth-order valence-corrected chi connectivity index (χ4v) is 4.03. The predicted molar refractivity (Wildman–Crippen MR) is 107 cm³/mol. The van der Waals surface area contributed by atoms with Crippen molar-refractivity contribution >= 4 is 46.0 Å². The SMILES string of the molecule is O=C(NCC(=O)N1CCCC1c1ccccc1Cl)c1ccccc1I. The largest absolute Gasteiger partial charge is 0.343 e. The molecule has 1 aliphatic rings. The minimum atomic E-state index is -0.230. The molecule has 0 aromatic heterocycles. The molecule has 3 rings (SSSR count). The first-order valence-corrected chi connectivity index (χ1v) is 9.60. The van der Waals surface area contributed by atoms with Crippen LogP contribution < -0.4 is 5.32 Å². The van der Waals surface area contributed by atoms with Gasteiger partial charge in [0.2, 0.25) is 5.91 Å². The average molecular weight is 469 g/mol. The van der Waals surface area contributed by atoms with Crippen LogP contribution in [0.5, 0.6) is 0 Å². The van der Waals surface area contributed by atoms with Gasteiger partial charge in [0, 0.05) is 15.1 Å². The third kappa shape index (κ3) is 4.15. The summed E-state index contributed by atoms with van der Waals surface area (Å²) in [6.45, 7) is 0.679. The Hall–Kier alpha value is -1.60. The van der Waals surface area contributed by atoms with E-state index in [0.717, 1.165) is 22.0 Å². The molecule has 0 saturated carbocycles. The molecule has 1 unspecified atom stereocenters. The molecule has 0 radical (unpaired) electrons. The lowest BCUT2D eigenvalue weighted by Crippen LogP contribution is -2.40. The highest BCUT2D eigenvalue weighted by Crippen LogP contribution is 2.35. The van der Waals surface area contributed by atoms with Gasteiger partial charge in [-0.15, -0.1) is 0 Å². The Morgan fingerprint density at radius 1 is 1.16 bits per heavy atom. The van der Waals surface area contributed by atoms with E-state index in [9.17, 15) is 9.59 Å². The van der Waals surface area contributed by atoms with E-state index in [0.29, 0.717) is 17.1 Å². The summed E-state index contributed by atoms with van der Waals surface area (Å²) in [5, 5.41) is 3.41. The molecular weight excluding hydrogens is 451 g/mol. The van der Waals surface area contributed by atoms with E-state index in [-0.39, 0.29) is 24.4 Å². The number of nitrogens with one attached hydrogen (secondary N) is 1. The lowest BCUT2D eigenvalue weighted by Gasteiger charge is -2.26. The summed E-state index contributed by atoms with van der Waals surface area (Å²) in [6, 6.07) is 14.9. The topological polar surface area (TPSA) is 49.4 Å². The van der Waals surface area contributed by atoms with Crippen LogP contribution in [0.25, 0.3) is 0 Å². The maximum atomic E-state index is 12.6. The van der Waals surface area contributed by atoms with Gasteiger partial charge in [0.15, 0.2) is 0 Å². The third-order valence-corrected chi connectivity index (χ3v) is 5.64. The van der Waals surface area contributed by atoms with Gasteiger partial charge in [0.05, 0.1) is 18.2 Å². The van der Waals surface area contributed by atoms with Crippen molar-refractivity contribution in [1.82, 2.24) is 10.2 Å². The Labute approximate surface area is 165 Å². The quantitative estimate of drug-likeness (QED) is 0.689. The maximum Gasteiger partial charge on any atom is 0.252 e. The summed E-state index contributed by atoms with van der Waals surface area (Å²) in [4.78, 5) is 26.7. The first kappa shape index (κ1) is 18.2. The molecule has 1 atom stereocenters. The summed E-state index contributed by atoms with van der Waals surface area (Å²) in [5.74, 6) is -0.312. The smallest absolute Gasteiger partial charge is 0.252 e. The normalized spacial score (nSPS) is 16.7. The second-order valence-electron chi connectivity index (χ2n) is 5.93. The van der Waals surface area contributed by atoms with Gasteiger partial charge < -0.3 is 10.2 Å². The molecule has 6 heteroatoms. The number of hydrogen-bond donors (Lipinski definition) is 1.